The lowest BCUT2D eigenvalue weighted by molar-refractivity contribution is 0.0729. The Labute approximate surface area is 115 Å². The molecule has 6 heteroatoms. The van der Waals surface area contributed by atoms with Gasteiger partial charge in [0.1, 0.15) is 11.5 Å². The highest BCUT2D eigenvalue weighted by atomic mass is 32.1. The van der Waals surface area contributed by atoms with Crippen LogP contribution in [0, 0.1) is 0 Å². The highest BCUT2D eigenvalue weighted by Gasteiger charge is 2.23. The molecule has 0 atom stereocenters. The van der Waals surface area contributed by atoms with Crippen LogP contribution in [-0.2, 0) is 13.0 Å². The van der Waals surface area contributed by atoms with Crippen LogP contribution in [0.4, 0.5) is 5.82 Å². The molecule has 0 unspecified atom stereocenters. The van der Waals surface area contributed by atoms with Crippen molar-refractivity contribution in [1.29, 1.82) is 0 Å². The quantitative estimate of drug-likeness (QED) is 0.907. The Morgan fingerprint density at radius 1 is 1.47 bits per heavy atom. The first-order chi connectivity index (χ1) is 9.28. The molecule has 0 aromatic carbocycles. The number of carbonyl (C=O) groups excluding carboxylic acids is 1. The topological polar surface area (TPSA) is 58.1 Å². The van der Waals surface area contributed by atoms with Gasteiger partial charge in [-0.25, -0.2) is 4.98 Å². The number of hydrogen-bond donors (Lipinski definition) is 1. The first-order valence-electron chi connectivity index (χ1n) is 6.12. The smallest absolute Gasteiger partial charge is 0.274 e. The minimum Gasteiger partial charge on any atom is -0.372 e. The Hall–Kier alpha value is -1.95. The lowest BCUT2D eigenvalue weighted by Crippen LogP contribution is -2.35. The fraction of sp³-hybridized carbons (Fsp3) is 0.308. The predicted molar refractivity (Wildman–Crippen MR) is 74.3 cm³/mol. The second-order valence-electron chi connectivity index (χ2n) is 4.39. The third-order valence-corrected chi connectivity index (χ3v) is 4.23. The average molecular weight is 274 g/mol. The fourth-order valence-electron chi connectivity index (χ4n) is 2.17. The number of nitrogens with zero attached hydrogens (tertiary/aromatic N) is 3. The van der Waals surface area contributed by atoms with Crippen LogP contribution in [0.5, 0.6) is 0 Å². The molecule has 19 heavy (non-hydrogen) atoms. The zero-order valence-corrected chi connectivity index (χ0v) is 11.4. The van der Waals surface area contributed by atoms with E-state index in [0.717, 1.165) is 13.0 Å². The zero-order chi connectivity index (χ0) is 13.2. The average Bonchev–Trinajstić information content (AvgIpc) is 2.94. The number of fused-ring (bicyclic) bond motifs is 1. The van der Waals surface area contributed by atoms with Gasteiger partial charge in [-0.2, -0.15) is 0 Å². The van der Waals surface area contributed by atoms with E-state index in [9.17, 15) is 4.79 Å². The van der Waals surface area contributed by atoms with Crippen molar-refractivity contribution in [1.82, 2.24) is 14.9 Å². The SMILES string of the molecule is CNc1cncc(C(=O)N2CCc3sccc3C2)n1. The summed E-state index contributed by atoms with van der Waals surface area (Å²) in [5.74, 6) is 0.556. The van der Waals surface area contributed by atoms with Gasteiger partial charge in [0.25, 0.3) is 5.91 Å². The second-order valence-corrected chi connectivity index (χ2v) is 5.39. The van der Waals surface area contributed by atoms with E-state index < -0.39 is 0 Å². The van der Waals surface area contributed by atoms with E-state index in [-0.39, 0.29) is 5.91 Å². The summed E-state index contributed by atoms with van der Waals surface area (Å²) in [5.41, 5.74) is 1.65. The van der Waals surface area contributed by atoms with Gasteiger partial charge in [0.15, 0.2) is 0 Å². The first kappa shape index (κ1) is 12.1. The summed E-state index contributed by atoms with van der Waals surface area (Å²) in [5, 5.41) is 4.98. The van der Waals surface area contributed by atoms with Crippen LogP contribution in [0.25, 0.3) is 0 Å². The van der Waals surface area contributed by atoms with Gasteiger partial charge >= 0.3 is 0 Å². The molecule has 3 rings (SSSR count). The molecule has 0 bridgehead atoms. The zero-order valence-electron chi connectivity index (χ0n) is 10.6. The summed E-state index contributed by atoms with van der Waals surface area (Å²) >= 11 is 1.77. The molecular weight excluding hydrogens is 260 g/mol. The minimum atomic E-state index is -0.0542. The largest absolute Gasteiger partial charge is 0.372 e. The summed E-state index contributed by atoms with van der Waals surface area (Å²) in [6, 6.07) is 2.09. The molecule has 1 N–H and O–H groups in total. The molecule has 0 fully saturated rings. The molecule has 2 aromatic rings. The van der Waals surface area contributed by atoms with Gasteiger partial charge in [0.05, 0.1) is 12.4 Å². The number of nitrogens with one attached hydrogen (secondary N) is 1. The van der Waals surface area contributed by atoms with E-state index in [0.29, 0.717) is 18.1 Å². The van der Waals surface area contributed by atoms with Crippen LogP contribution in [-0.4, -0.2) is 34.4 Å². The van der Waals surface area contributed by atoms with Crippen molar-refractivity contribution in [3.05, 3.63) is 40.0 Å². The normalized spacial score (nSPS) is 14.1. The Kier molecular flexibility index (Phi) is 3.16. The highest BCUT2D eigenvalue weighted by molar-refractivity contribution is 7.10. The van der Waals surface area contributed by atoms with E-state index in [4.69, 9.17) is 0 Å². The molecule has 0 saturated heterocycles. The molecule has 3 heterocycles. The molecule has 0 radical (unpaired) electrons. The lowest BCUT2D eigenvalue weighted by Gasteiger charge is -2.26. The summed E-state index contributed by atoms with van der Waals surface area (Å²) in [6.45, 7) is 1.42. The Morgan fingerprint density at radius 2 is 2.37 bits per heavy atom. The third-order valence-electron chi connectivity index (χ3n) is 3.20. The molecule has 5 nitrogen and oxygen atoms in total. The van der Waals surface area contributed by atoms with Crippen molar-refractivity contribution in [3.63, 3.8) is 0 Å². The molecule has 98 valence electrons. The van der Waals surface area contributed by atoms with Gasteiger partial charge in [-0.15, -0.1) is 11.3 Å². The third kappa shape index (κ3) is 2.31. The van der Waals surface area contributed by atoms with Crippen LogP contribution >= 0.6 is 11.3 Å². The summed E-state index contributed by atoms with van der Waals surface area (Å²) < 4.78 is 0. The highest BCUT2D eigenvalue weighted by Crippen LogP contribution is 2.24. The maximum atomic E-state index is 12.4. The van der Waals surface area contributed by atoms with Gasteiger partial charge < -0.3 is 10.2 Å². The molecule has 1 amide bonds. The summed E-state index contributed by atoms with van der Waals surface area (Å²) in [6.07, 6.45) is 4.05. The van der Waals surface area contributed by atoms with Crippen molar-refractivity contribution in [2.24, 2.45) is 0 Å². The molecule has 0 aliphatic carbocycles. The van der Waals surface area contributed by atoms with Gasteiger partial charge in [0, 0.05) is 25.0 Å². The number of hydrogen-bond acceptors (Lipinski definition) is 5. The van der Waals surface area contributed by atoms with E-state index >= 15 is 0 Å². The van der Waals surface area contributed by atoms with E-state index in [1.54, 1.807) is 24.6 Å². The molecular formula is C13H14N4OS. The Bertz CT molecular complexity index is 610. The second kappa shape index (κ2) is 4.97. The van der Waals surface area contributed by atoms with Crippen LogP contribution in [0.15, 0.2) is 23.8 Å². The van der Waals surface area contributed by atoms with E-state index in [2.05, 4.69) is 26.7 Å². The first-order valence-corrected chi connectivity index (χ1v) is 7.00. The van der Waals surface area contributed by atoms with Crippen molar-refractivity contribution in [2.75, 3.05) is 18.9 Å². The Morgan fingerprint density at radius 3 is 3.21 bits per heavy atom. The van der Waals surface area contributed by atoms with Gasteiger partial charge in [-0.3, -0.25) is 9.78 Å². The summed E-state index contributed by atoms with van der Waals surface area (Å²) in [4.78, 5) is 23.9. The van der Waals surface area contributed by atoms with Gasteiger partial charge in [0.2, 0.25) is 0 Å². The summed E-state index contributed by atoms with van der Waals surface area (Å²) in [7, 11) is 1.76. The molecule has 2 aromatic heterocycles. The molecule has 1 aliphatic rings. The molecule has 1 aliphatic heterocycles. The van der Waals surface area contributed by atoms with Crippen LogP contribution in [0.3, 0.4) is 0 Å². The number of rotatable bonds is 2. The Balaban J connectivity index is 1.81. The van der Waals surface area contributed by atoms with E-state index in [1.807, 2.05) is 4.90 Å². The van der Waals surface area contributed by atoms with Crippen LogP contribution in [0.1, 0.15) is 20.9 Å². The van der Waals surface area contributed by atoms with Gasteiger partial charge in [-0.1, -0.05) is 0 Å². The van der Waals surface area contributed by atoms with E-state index in [1.165, 1.54) is 16.6 Å². The molecule has 0 saturated carbocycles. The number of thiophene rings is 1. The van der Waals surface area contributed by atoms with Gasteiger partial charge in [-0.05, 0) is 23.4 Å². The fourth-order valence-corrected chi connectivity index (χ4v) is 3.06. The van der Waals surface area contributed by atoms with Crippen LogP contribution in [0.2, 0.25) is 0 Å². The predicted octanol–water partition coefficient (Wildman–Crippen LogP) is 1.78. The number of aromatic nitrogens is 2. The van der Waals surface area contributed by atoms with Crippen LogP contribution < -0.4 is 5.32 Å². The standard InChI is InChI=1S/C13H14N4OS/c1-14-12-7-15-6-10(16-12)13(18)17-4-2-11-9(8-17)3-5-19-11/h3,5-7H,2,4,8H2,1H3,(H,14,16). The lowest BCUT2D eigenvalue weighted by atomic mass is 10.1. The minimum absolute atomic E-state index is 0.0542. The number of anilines is 1. The van der Waals surface area contributed by atoms with Crippen molar-refractivity contribution in [2.45, 2.75) is 13.0 Å². The van der Waals surface area contributed by atoms with Crippen molar-refractivity contribution >= 4 is 23.1 Å². The maximum absolute atomic E-state index is 12.4. The monoisotopic (exact) mass is 274 g/mol. The number of carbonyl (C=O) groups is 1. The molecule has 0 spiro atoms. The number of amides is 1. The van der Waals surface area contributed by atoms with Crippen molar-refractivity contribution in [3.8, 4) is 0 Å². The van der Waals surface area contributed by atoms with Crippen molar-refractivity contribution < 1.29 is 4.79 Å². The maximum Gasteiger partial charge on any atom is 0.274 e.